The van der Waals surface area contributed by atoms with Crippen molar-refractivity contribution in [3.63, 3.8) is 0 Å². The number of rotatable bonds is 8. The summed E-state index contributed by atoms with van der Waals surface area (Å²) in [6.45, 7) is 8.48. The lowest BCUT2D eigenvalue weighted by Gasteiger charge is -2.25. The molecule has 0 aliphatic carbocycles. The van der Waals surface area contributed by atoms with Crippen LogP contribution in [0.4, 0.5) is 0 Å². The minimum atomic E-state index is -0.195. The molecule has 1 saturated heterocycles. The minimum Gasteiger partial charge on any atom is -0.392 e. The van der Waals surface area contributed by atoms with Gasteiger partial charge < -0.3 is 15.7 Å². The Morgan fingerprint density at radius 2 is 1.95 bits per heavy atom. The van der Waals surface area contributed by atoms with Gasteiger partial charge in [-0.15, -0.1) is 0 Å². The first-order valence-electron chi connectivity index (χ1n) is 8.32. The van der Waals surface area contributed by atoms with E-state index >= 15 is 0 Å². The Morgan fingerprint density at radius 1 is 1.21 bits per heavy atom. The first kappa shape index (κ1) is 16.9. The van der Waals surface area contributed by atoms with Crippen molar-refractivity contribution < 1.29 is 5.11 Å². The standard InChI is InChI=1S/C16H34N2O/c1-4-14(5-2)16(19)12-18-13(3)11-15-9-7-6-8-10-17-15/h13-19H,4-12H2,1-3H3. The van der Waals surface area contributed by atoms with Crippen LogP contribution in [0.15, 0.2) is 0 Å². The molecule has 3 N–H and O–H groups in total. The van der Waals surface area contributed by atoms with Crippen molar-refractivity contribution in [2.75, 3.05) is 13.1 Å². The van der Waals surface area contributed by atoms with Crippen molar-refractivity contribution in [3.8, 4) is 0 Å². The number of aliphatic hydroxyl groups excluding tert-OH is 1. The van der Waals surface area contributed by atoms with Gasteiger partial charge in [-0.05, 0) is 38.6 Å². The average molecular weight is 270 g/mol. The predicted molar refractivity (Wildman–Crippen MR) is 82.4 cm³/mol. The zero-order chi connectivity index (χ0) is 14.1. The average Bonchev–Trinajstić information content (AvgIpc) is 2.66. The molecule has 1 fully saturated rings. The summed E-state index contributed by atoms with van der Waals surface area (Å²) in [5.41, 5.74) is 0. The third-order valence-corrected chi connectivity index (χ3v) is 4.57. The fraction of sp³-hybridized carbons (Fsp3) is 1.00. The van der Waals surface area contributed by atoms with E-state index in [4.69, 9.17) is 0 Å². The third-order valence-electron chi connectivity index (χ3n) is 4.57. The second-order valence-electron chi connectivity index (χ2n) is 6.19. The zero-order valence-electron chi connectivity index (χ0n) is 13.1. The van der Waals surface area contributed by atoms with Crippen LogP contribution in [0, 0.1) is 5.92 Å². The highest BCUT2D eigenvalue weighted by molar-refractivity contribution is 4.77. The Kier molecular flexibility index (Phi) is 8.67. The van der Waals surface area contributed by atoms with Gasteiger partial charge in [-0.25, -0.2) is 0 Å². The number of aliphatic hydroxyl groups is 1. The fourth-order valence-electron chi connectivity index (χ4n) is 3.13. The van der Waals surface area contributed by atoms with E-state index in [0.717, 1.165) is 19.4 Å². The molecule has 0 spiro atoms. The molecule has 0 aromatic heterocycles. The molecule has 1 aliphatic rings. The Morgan fingerprint density at radius 3 is 2.63 bits per heavy atom. The van der Waals surface area contributed by atoms with Crippen molar-refractivity contribution in [1.29, 1.82) is 0 Å². The van der Waals surface area contributed by atoms with Crippen LogP contribution in [0.5, 0.6) is 0 Å². The van der Waals surface area contributed by atoms with Crippen LogP contribution in [0.2, 0.25) is 0 Å². The van der Waals surface area contributed by atoms with Gasteiger partial charge >= 0.3 is 0 Å². The van der Waals surface area contributed by atoms with Gasteiger partial charge in [0.1, 0.15) is 0 Å². The molecule has 1 rings (SSSR count). The van der Waals surface area contributed by atoms with Crippen molar-refractivity contribution in [2.24, 2.45) is 5.92 Å². The minimum absolute atomic E-state index is 0.195. The van der Waals surface area contributed by atoms with E-state index in [2.05, 4.69) is 31.4 Å². The van der Waals surface area contributed by atoms with Crippen LogP contribution in [0.3, 0.4) is 0 Å². The van der Waals surface area contributed by atoms with E-state index < -0.39 is 0 Å². The molecule has 114 valence electrons. The van der Waals surface area contributed by atoms with E-state index in [1.54, 1.807) is 0 Å². The van der Waals surface area contributed by atoms with Crippen LogP contribution in [0.1, 0.15) is 65.7 Å². The van der Waals surface area contributed by atoms with Crippen molar-refractivity contribution in [3.05, 3.63) is 0 Å². The largest absolute Gasteiger partial charge is 0.392 e. The third kappa shape index (κ3) is 6.73. The van der Waals surface area contributed by atoms with Gasteiger partial charge in [0.25, 0.3) is 0 Å². The van der Waals surface area contributed by atoms with Crippen LogP contribution in [-0.2, 0) is 0 Å². The molecule has 1 heterocycles. The monoisotopic (exact) mass is 270 g/mol. The first-order chi connectivity index (χ1) is 9.17. The Bertz CT molecular complexity index is 211. The summed E-state index contributed by atoms with van der Waals surface area (Å²) in [4.78, 5) is 0. The lowest BCUT2D eigenvalue weighted by atomic mass is 9.96. The second kappa shape index (κ2) is 9.73. The van der Waals surface area contributed by atoms with Gasteiger partial charge in [0.05, 0.1) is 6.10 Å². The topological polar surface area (TPSA) is 44.3 Å². The highest BCUT2D eigenvalue weighted by atomic mass is 16.3. The summed E-state index contributed by atoms with van der Waals surface area (Å²) < 4.78 is 0. The predicted octanol–water partition coefficient (Wildman–Crippen LogP) is 2.68. The van der Waals surface area contributed by atoms with Gasteiger partial charge in [0, 0.05) is 18.6 Å². The normalized spacial score (nSPS) is 24.2. The molecule has 3 heteroatoms. The molecule has 19 heavy (non-hydrogen) atoms. The zero-order valence-corrected chi connectivity index (χ0v) is 13.1. The molecule has 0 radical (unpaired) electrons. The molecular formula is C16H34N2O. The van der Waals surface area contributed by atoms with Gasteiger partial charge in [0.15, 0.2) is 0 Å². The van der Waals surface area contributed by atoms with Crippen LogP contribution in [0.25, 0.3) is 0 Å². The number of hydrogen-bond donors (Lipinski definition) is 3. The lowest BCUT2D eigenvalue weighted by molar-refractivity contribution is 0.0980. The first-order valence-corrected chi connectivity index (χ1v) is 8.32. The summed E-state index contributed by atoms with van der Waals surface area (Å²) in [6, 6.07) is 1.15. The van der Waals surface area contributed by atoms with E-state index in [1.165, 1.54) is 38.6 Å². The second-order valence-corrected chi connectivity index (χ2v) is 6.19. The Balaban J connectivity index is 2.20. The molecule has 0 aromatic carbocycles. The van der Waals surface area contributed by atoms with E-state index in [0.29, 0.717) is 18.0 Å². The molecule has 0 saturated carbocycles. The summed E-state index contributed by atoms with van der Waals surface area (Å²) in [5.74, 6) is 0.440. The molecule has 0 aromatic rings. The highest BCUT2D eigenvalue weighted by Crippen LogP contribution is 2.14. The van der Waals surface area contributed by atoms with Gasteiger partial charge in [-0.3, -0.25) is 0 Å². The van der Waals surface area contributed by atoms with E-state index in [-0.39, 0.29) is 6.10 Å². The van der Waals surface area contributed by atoms with Gasteiger partial charge in [0.2, 0.25) is 0 Å². The molecular weight excluding hydrogens is 236 g/mol. The molecule has 3 unspecified atom stereocenters. The molecule has 0 bridgehead atoms. The van der Waals surface area contributed by atoms with Crippen LogP contribution < -0.4 is 10.6 Å². The number of nitrogens with one attached hydrogen (secondary N) is 2. The smallest absolute Gasteiger partial charge is 0.0692 e. The molecule has 1 aliphatic heterocycles. The van der Waals surface area contributed by atoms with E-state index in [9.17, 15) is 5.11 Å². The summed E-state index contributed by atoms with van der Waals surface area (Å²) >= 11 is 0. The summed E-state index contributed by atoms with van der Waals surface area (Å²) in [7, 11) is 0. The van der Waals surface area contributed by atoms with Crippen molar-refractivity contribution in [2.45, 2.75) is 83.9 Å². The molecule has 0 amide bonds. The van der Waals surface area contributed by atoms with Crippen LogP contribution >= 0.6 is 0 Å². The van der Waals surface area contributed by atoms with Gasteiger partial charge in [-0.1, -0.05) is 39.5 Å². The molecule has 3 atom stereocenters. The number of hydrogen-bond acceptors (Lipinski definition) is 3. The van der Waals surface area contributed by atoms with E-state index in [1.807, 2.05) is 0 Å². The highest BCUT2D eigenvalue weighted by Gasteiger charge is 2.18. The SMILES string of the molecule is CCC(CC)C(O)CNC(C)CC1CCCCCN1. The fourth-order valence-corrected chi connectivity index (χ4v) is 3.13. The maximum atomic E-state index is 10.1. The molecule has 3 nitrogen and oxygen atoms in total. The Labute approximate surface area is 119 Å². The lowest BCUT2D eigenvalue weighted by Crippen LogP contribution is -2.41. The summed E-state index contributed by atoms with van der Waals surface area (Å²) in [5, 5.41) is 17.3. The quantitative estimate of drug-likeness (QED) is 0.635. The van der Waals surface area contributed by atoms with Crippen LogP contribution in [-0.4, -0.2) is 36.4 Å². The Hall–Kier alpha value is -0.120. The summed E-state index contributed by atoms with van der Waals surface area (Å²) in [6.07, 6.45) is 8.48. The van der Waals surface area contributed by atoms with Crippen molar-refractivity contribution >= 4 is 0 Å². The maximum absolute atomic E-state index is 10.1. The van der Waals surface area contributed by atoms with Crippen molar-refractivity contribution in [1.82, 2.24) is 10.6 Å². The maximum Gasteiger partial charge on any atom is 0.0692 e. The van der Waals surface area contributed by atoms with Gasteiger partial charge in [-0.2, -0.15) is 0 Å².